The molecule has 0 atom stereocenters. The third-order valence-corrected chi connectivity index (χ3v) is 5.05. The van der Waals surface area contributed by atoms with Crippen molar-refractivity contribution >= 4 is 51.7 Å². The first-order valence-corrected chi connectivity index (χ1v) is 9.71. The van der Waals surface area contributed by atoms with E-state index in [1.807, 2.05) is 6.07 Å². The fraction of sp³-hybridized carbons (Fsp3) is 0.211. The van der Waals surface area contributed by atoms with Crippen LogP contribution in [0.3, 0.4) is 0 Å². The molecule has 2 aromatic carbocycles. The predicted octanol–water partition coefficient (Wildman–Crippen LogP) is 4.83. The van der Waals surface area contributed by atoms with Crippen molar-refractivity contribution in [3.8, 4) is 5.75 Å². The van der Waals surface area contributed by atoms with Crippen molar-refractivity contribution in [1.29, 1.82) is 0 Å². The van der Waals surface area contributed by atoms with Crippen LogP contribution in [0.4, 0.5) is 15.9 Å². The lowest BCUT2D eigenvalue weighted by atomic mass is 10.2. The molecule has 0 amide bonds. The van der Waals surface area contributed by atoms with Crippen LogP contribution in [0.2, 0.25) is 5.02 Å². The van der Waals surface area contributed by atoms with Crippen LogP contribution in [0, 0.1) is 5.82 Å². The van der Waals surface area contributed by atoms with E-state index in [-0.39, 0.29) is 16.7 Å². The number of thioether (sulfide) groups is 1. The average Bonchev–Trinajstić information content (AvgIpc) is 2.69. The summed E-state index contributed by atoms with van der Waals surface area (Å²) in [5, 5.41) is 3.85. The number of aromatic nitrogens is 2. The maximum atomic E-state index is 13.4. The van der Waals surface area contributed by atoms with Crippen LogP contribution < -0.4 is 10.1 Å². The molecule has 0 fully saturated rings. The SMILES string of the molecule is CCOC(=O)CSc1cc2c(Nc3ccc(F)c(Cl)c3)ncnc2cc1OC. The minimum absolute atomic E-state index is 0.00992. The zero-order chi connectivity index (χ0) is 20.1. The number of halogens is 2. The molecule has 1 N–H and O–H groups in total. The summed E-state index contributed by atoms with van der Waals surface area (Å²) in [5.74, 6) is 0.463. The summed E-state index contributed by atoms with van der Waals surface area (Å²) in [6.07, 6.45) is 1.42. The minimum atomic E-state index is -0.498. The van der Waals surface area contributed by atoms with E-state index in [1.54, 1.807) is 26.2 Å². The smallest absolute Gasteiger partial charge is 0.316 e. The first-order valence-electron chi connectivity index (χ1n) is 8.35. The van der Waals surface area contributed by atoms with E-state index in [2.05, 4.69) is 15.3 Å². The number of carbonyl (C=O) groups is 1. The molecule has 0 saturated heterocycles. The Morgan fingerprint density at radius 1 is 1.29 bits per heavy atom. The topological polar surface area (TPSA) is 73.3 Å². The number of rotatable bonds is 7. The van der Waals surface area contributed by atoms with E-state index in [1.165, 1.54) is 30.2 Å². The number of nitrogens with one attached hydrogen (secondary N) is 1. The van der Waals surface area contributed by atoms with Gasteiger partial charge in [0.15, 0.2) is 0 Å². The number of nitrogens with zero attached hydrogens (tertiary/aromatic N) is 2. The number of carbonyl (C=O) groups excluding carboxylic acids is 1. The van der Waals surface area contributed by atoms with Crippen molar-refractivity contribution in [2.75, 3.05) is 24.8 Å². The third kappa shape index (κ3) is 4.63. The number of esters is 1. The first-order chi connectivity index (χ1) is 13.5. The summed E-state index contributed by atoms with van der Waals surface area (Å²) in [4.78, 5) is 21.0. The standard InChI is InChI=1S/C19H17ClFN3O3S/c1-3-27-18(25)9-28-17-7-12-15(8-16(17)26-2)22-10-23-19(12)24-11-4-5-14(21)13(20)6-11/h4-8,10H,3,9H2,1-2H3,(H,22,23,24). The third-order valence-electron chi connectivity index (χ3n) is 3.75. The molecular weight excluding hydrogens is 405 g/mol. The Labute approximate surface area is 170 Å². The molecule has 0 bridgehead atoms. The first kappa shape index (κ1) is 20.2. The number of anilines is 2. The van der Waals surface area contributed by atoms with Crippen molar-refractivity contribution in [3.63, 3.8) is 0 Å². The van der Waals surface area contributed by atoms with Gasteiger partial charge in [0.25, 0.3) is 0 Å². The summed E-state index contributed by atoms with van der Waals surface area (Å²) >= 11 is 7.15. The number of benzene rings is 2. The van der Waals surface area contributed by atoms with Gasteiger partial charge in [-0.2, -0.15) is 0 Å². The van der Waals surface area contributed by atoms with E-state index < -0.39 is 5.82 Å². The minimum Gasteiger partial charge on any atom is -0.496 e. The number of ether oxygens (including phenoxy) is 2. The summed E-state index contributed by atoms with van der Waals surface area (Å²) in [7, 11) is 1.55. The highest BCUT2D eigenvalue weighted by atomic mass is 35.5. The molecule has 3 rings (SSSR count). The molecule has 0 radical (unpaired) electrons. The van der Waals surface area contributed by atoms with Gasteiger partial charge in [-0.25, -0.2) is 14.4 Å². The second kappa shape index (κ2) is 9.07. The molecule has 28 heavy (non-hydrogen) atoms. The normalized spacial score (nSPS) is 10.7. The van der Waals surface area contributed by atoms with Gasteiger partial charge in [0.2, 0.25) is 0 Å². The molecule has 0 spiro atoms. The van der Waals surface area contributed by atoms with Gasteiger partial charge < -0.3 is 14.8 Å². The maximum Gasteiger partial charge on any atom is 0.316 e. The summed E-state index contributed by atoms with van der Waals surface area (Å²) in [5.41, 5.74) is 1.24. The number of hydrogen-bond acceptors (Lipinski definition) is 7. The number of fused-ring (bicyclic) bond motifs is 1. The fourth-order valence-electron chi connectivity index (χ4n) is 2.49. The van der Waals surface area contributed by atoms with Crippen LogP contribution >= 0.6 is 23.4 Å². The molecule has 9 heteroatoms. The Morgan fingerprint density at radius 2 is 2.11 bits per heavy atom. The maximum absolute atomic E-state index is 13.4. The predicted molar refractivity (Wildman–Crippen MR) is 108 cm³/mol. The van der Waals surface area contributed by atoms with Crippen molar-refractivity contribution < 1.29 is 18.7 Å². The lowest BCUT2D eigenvalue weighted by Gasteiger charge is -2.13. The van der Waals surface area contributed by atoms with Crippen LogP contribution in [-0.4, -0.2) is 35.4 Å². The zero-order valence-electron chi connectivity index (χ0n) is 15.2. The molecular formula is C19H17ClFN3O3S. The average molecular weight is 422 g/mol. The van der Waals surface area contributed by atoms with E-state index >= 15 is 0 Å². The molecule has 0 aliphatic rings. The molecule has 1 aromatic heterocycles. The summed E-state index contributed by atoms with van der Waals surface area (Å²) in [6.45, 7) is 2.09. The monoisotopic (exact) mass is 421 g/mol. The van der Waals surface area contributed by atoms with Crippen molar-refractivity contribution in [2.45, 2.75) is 11.8 Å². The quantitative estimate of drug-likeness (QED) is 0.432. The molecule has 0 saturated carbocycles. The van der Waals surface area contributed by atoms with Gasteiger partial charge in [0, 0.05) is 17.1 Å². The van der Waals surface area contributed by atoms with E-state index in [4.69, 9.17) is 21.1 Å². The highest BCUT2D eigenvalue weighted by molar-refractivity contribution is 8.00. The zero-order valence-corrected chi connectivity index (χ0v) is 16.7. The second-order valence-corrected chi connectivity index (χ2v) is 7.01. The Kier molecular flexibility index (Phi) is 6.53. The van der Waals surface area contributed by atoms with Gasteiger partial charge in [-0.15, -0.1) is 11.8 Å². The van der Waals surface area contributed by atoms with Gasteiger partial charge >= 0.3 is 5.97 Å². The molecule has 146 valence electrons. The largest absolute Gasteiger partial charge is 0.496 e. The van der Waals surface area contributed by atoms with Gasteiger partial charge in [-0.1, -0.05) is 11.6 Å². The highest BCUT2D eigenvalue weighted by Crippen LogP contribution is 2.35. The van der Waals surface area contributed by atoms with Crippen molar-refractivity contribution in [1.82, 2.24) is 9.97 Å². The van der Waals surface area contributed by atoms with E-state index in [0.29, 0.717) is 29.4 Å². The Bertz CT molecular complexity index is 1020. The van der Waals surface area contributed by atoms with Gasteiger partial charge in [-0.05, 0) is 31.2 Å². The number of hydrogen-bond donors (Lipinski definition) is 1. The van der Waals surface area contributed by atoms with Crippen LogP contribution in [0.1, 0.15) is 6.92 Å². The highest BCUT2D eigenvalue weighted by Gasteiger charge is 2.13. The van der Waals surface area contributed by atoms with Crippen LogP contribution in [-0.2, 0) is 9.53 Å². The Hall–Kier alpha value is -2.58. The summed E-state index contributed by atoms with van der Waals surface area (Å²) in [6, 6.07) is 7.93. The van der Waals surface area contributed by atoms with Gasteiger partial charge in [-0.3, -0.25) is 4.79 Å². The van der Waals surface area contributed by atoms with Crippen LogP contribution in [0.5, 0.6) is 5.75 Å². The van der Waals surface area contributed by atoms with Crippen LogP contribution in [0.15, 0.2) is 41.6 Å². The van der Waals surface area contributed by atoms with E-state index in [9.17, 15) is 9.18 Å². The number of methoxy groups -OCH3 is 1. The van der Waals surface area contributed by atoms with Gasteiger partial charge in [0.05, 0.1) is 34.9 Å². The van der Waals surface area contributed by atoms with Crippen LogP contribution in [0.25, 0.3) is 10.9 Å². The molecule has 0 unspecified atom stereocenters. The van der Waals surface area contributed by atoms with E-state index in [0.717, 1.165) is 10.3 Å². The fourth-order valence-corrected chi connectivity index (χ4v) is 3.51. The lowest BCUT2D eigenvalue weighted by Crippen LogP contribution is -2.06. The Morgan fingerprint density at radius 3 is 2.82 bits per heavy atom. The lowest BCUT2D eigenvalue weighted by molar-refractivity contribution is -0.139. The van der Waals surface area contributed by atoms with Crippen molar-refractivity contribution in [2.24, 2.45) is 0 Å². The molecule has 1 heterocycles. The molecule has 0 aliphatic heterocycles. The Balaban J connectivity index is 1.95. The molecule has 3 aromatic rings. The molecule has 6 nitrogen and oxygen atoms in total. The van der Waals surface area contributed by atoms with Crippen molar-refractivity contribution in [3.05, 3.63) is 47.5 Å². The second-order valence-electron chi connectivity index (χ2n) is 5.59. The summed E-state index contributed by atoms with van der Waals surface area (Å²) < 4.78 is 23.8. The molecule has 0 aliphatic carbocycles. The van der Waals surface area contributed by atoms with Gasteiger partial charge in [0.1, 0.15) is 23.7 Å².